The molecule has 0 saturated carbocycles. The summed E-state index contributed by atoms with van der Waals surface area (Å²) in [5, 5.41) is 9.04. The van der Waals surface area contributed by atoms with Crippen molar-refractivity contribution >= 4 is 11.7 Å². The van der Waals surface area contributed by atoms with Crippen LogP contribution >= 0.6 is 0 Å². The summed E-state index contributed by atoms with van der Waals surface area (Å²) in [5.74, 6) is -0.853. The minimum atomic E-state index is -0.853. The zero-order valence-electron chi connectivity index (χ0n) is 8.39. The van der Waals surface area contributed by atoms with E-state index in [1.54, 1.807) is 0 Å². The van der Waals surface area contributed by atoms with Gasteiger partial charge in [-0.1, -0.05) is 18.2 Å². The van der Waals surface area contributed by atoms with E-state index < -0.39 is 12.0 Å². The second-order valence-corrected chi connectivity index (χ2v) is 3.66. The number of benzene rings is 1. The maximum Gasteiger partial charge on any atom is 0.327 e. The summed E-state index contributed by atoms with van der Waals surface area (Å²) in [5.41, 5.74) is 7.70. The van der Waals surface area contributed by atoms with Gasteiger partial charge in [-0.15, -0.1) is 0 Å². The molecule has 0 saturated heterocycles. The van der Waals surface area contributed by atoms with E-state index in [9.17, 15) is 4.79 Å². The molecule has 1 aromatic rings. The van der Waals surface area contributed by atoms with Gasteiger partial charge in [0.25, 0.3) is 0 Å². The lowest BCUT2D eigenvalue weighted by molar-refractivity contribution is -0.138. The third-order valence-electron chi connectivity index (χ3n) is 2.81. The van der Waals surface area contributed by atoms with E-state index in [2.05, 4.69) is 0 Å². The Kier molecular flexibility index (Phi) is 2.60. The van der Waals surface area contributed by atoms with Crippen molar-refractivity contribution in [3.05, 3.63) is 29.8 Å². The van der Waals surface area contributed by atoms with Gasteiger partial charge in [-0.05, 0) is 18.1 Å². The average Bonchev–Trinajstić information content (AvgIpc) is 2.63. The molecule has 4 heteroatoms. The molecule has 1 unspecified atom stereocenters. The third kappa shape index (κ3) is 1.68. The van der Waals surface area contributed by atoms with Gasteiger partial charge in [-0.2, -0.15) is 0 Å². The molecule has 3 N–H and O–H groups in total. The molecule has 0 spiro atoms. The summed E-state index contributed by atoms with van der Waals surface area (Å²) in [7, 11) is 0. The summed E-state index contributed by atoms with van der Waals surface area (Å²) in [6.07, 6.45) is 0.903. The number of carbonyl (C=O) groups is 1. The molecule has 0 bridgehead atoms. The number of anilines is 1. The van der Waals surface area contributed by atoms with Crippen LogP contribution in [0.1, 0.15) is 5.56 Å². The highest BCUT2D eigenvalue weighted by Gasteiger charge is 2.29. The second kappa shape index (κ2) is 3.90. The first-order valence-corrected chi connectivity index (χ1v) is 5.01. The largest absolute Gasteiger partial charge is 0.480 e. The fourth-order valence-electron chi connectivity index (χ4n) is 2.05. The van der Waals surface area contributed by atoms with Gasteiger partial charge >= 0.3 is 5.97 Å². The van der Waals surface area contributed by atoms with Crippen molar-refractivity contribution in [2.45, 2.75) is 12.5 Å². The molecule has 15 heavy (non-hydrogen) atoms. The summed E-state index contributed by atoms with van der Waals surface area (Å²) >= 11 is 0. The molecule has 0 aromatic heterocycles. The minimum Gasteiger partial charge on any atom is -0.480 e. The van der Waals surface area contributed by atoms with Crippen molar-refractivity contribution in [3.8, 4) is 0 Å². The van der Waals surface area contributed by atoms with Gasteiger partial charge in [0, 0.05) is 18.8 Å². The Labute approximate surface area is 88.3 Å². The second-order valence-electron chi connectivity index (χ2n) is 3.66. The van der Waals surface area contributed by atoms with Crippen LogP contribution in [-0.4, -0.2) is 30.2 Å². The van der Waals surface area contributed by atoms with Crippen LogP contribution in [0.2, 0.25) is 0 Å². The first-order chi connectivity index (χ1) is 7.24. The van der Waals surface area contributed by atoms with Crippen molar-refractivity contribution in [3.63, 3.8) is 0 Å². The fraction of sp³-hybridized carbons (Fsp3) is 0.364. The summed E-state index contributed by atoms with van der Waals surface area (Å²) in [6, 6.07) is 7.28. The van der Waals surface area contributed by atoms with E-state index in [0.717, 1.165) is 18.7 Å². The Morgan fingerprint density at radius 3 is 2.93 bits per heavy atom. The molecule has 1 heterocycles. The van der Waals surface area contributed by atoms with Gasteiger partial charge in [0.15, 0.2) is 0 Å². The summed E-state index contributed by atoms with van der Waals surface area (Å²) in [6.45, 7) is 0.886. The Bertz CT molecular complexity index is 379. The SMILES string of the molecule is NCC(C(=O)O)N1CCc2ccccc21. The molecule has 1 atom stereocenters. The number of aliphatic carboxylic acids is 1. The zero-order valence-corrected chi connectivity index (χ0v) is 8.39. The molecule has 0 fully saturated rings. The molecule has 1 aliphatic heterocycles. The van der Waals surface area contributed by atoms with Crippen molar-refractivity contribution in [1.29, 1.82) is 0 Å². The van der Waals surface area contributed by atoms with Crippen molar-refractivity contribution < 1.29 is 9.90 Å². The van der Waals surface area contributed by atoms with Crippen LogP contribution in [0.4, 0.5) is 5.69 Å². The van der Waals surface area contributed by atoms with Gasteiger partial charge in [0.2, 0.25) is 0 Å². The van der Waals surface area contributed by atoms with E-state index in [0.29, 0.717) is 0 Å². The fourth-order valence-corrected chi connectivity index (χ4v) is 2.05. The lowest BCUT2D eigenvalue weighted by Crippen LogP contribution is -2.45. The van der Waals surface area contributed by atoms with E-state index >= 15 is 0 Å². The topological polar surface area (TPSA) is 66.6 Å². The van der Waals surface area contributed by atoms with Crippen LogP contribution in [0.3, 0.4) is 0 Å². The van der Waals surface area contributed by atoms with Gasteiger partial charge in [0.05, 0.1) is 0 Å². The average molecular weight is 206 g/mol. The van der Waals surface area contributed by atoms with E-state index in [1.165, 1.54) is 5.56 Å². The van der Waals surface area contributed by atoms with Crippen molar-refractivity contribution in [2.75, 3.05) is 18.0 Å². The lowest BCUT2D eigenvalue weighted by atomic mass is 10.1. The molecule has 1 aliphatic rings. The lowest BCUT2D eigenvalue weighted by Gasteiger charge is -2.25. The molecule has 0 amide bonds. The summed E-state index contributed by atoms with van der Waals surface area (Å²) in [4.78, 5) is 12.9. The molecular weight excluding hydrogens is 192 g/mol. The first-order valence-electron chi connectivity index (χ1n) is 5.01. The number of rotatable bonds is 3. The van der Waals surface area contributed by atoms with Gasteiger partial charge in [-0.25, -0.2) is 4.79 Å². The standard InChI is InChI=1S/C11H14N2O2/c12-7-10(11(14)15)13-6-5-8-3-1-2-4-9(8)13/h1-4,10H,5-7,12H2,(H,14,15). The molecule has 80 valence electrons. The van der Waals surface area contributed by atoms with Crippen LogP contribution in [0.15, 0.2) is 24.3 Å². The number of para-hydroxylation sites is 1. The van der Waals surface area contributed by atoms with Crippen LogP contribution in [-0.2, 0) is 11.2 Å². The number of nitrogens with two attached hydrogens (primary N) is 1. The van der Waals surface area contributed by atoms with Crippen molar-refractivity contribution in [2.24, 2.45) is 5.73 Å². The smallest absolute Gasteiger partial charge is 0.327 e. The highest BCUT2D eigenvalue weighted by Crippen LogP contribution is 2.28. The Balaban J connectivity index is 2.30. The quantitative estimate of drug-likeness (QED) is 0.754. The highest BCUT2D eigenvalue weighted by atomic mass is 16.4. The van der Waals surface area contributed by atoms with E-state index in [-0.39, 0.29) is 6.54 Å². The normalized spacial score (nSPS) is 16.2. The van der Waals surface area contributed by atoms with E-state index in [1.807, 2.05) is 29.2 Å². The van der Waals surface area contributed by atoms with Crippen LogP contribution in [0, 0.1) is 0 Å². The molecular formula is C11H14N2O2. The zero-order chi connectivity index (χ0) is 10.8. The Morgan fingerprint density at radius 1 is 1.53 bits per heavy atom. The third-order valence-corrected chi connectivity index (χ3v) is 2.81. The monoisotopic (exact) mass is 206 g/mol. The van der Waals surface area contributed by atoms with Crippen LogP contribution in [0.25, 0.3) is 0 Å². The molecule has 1 aromatic carbocycles. The van der Waals surface area contributed by atoms with Crippen LogP contribution in [0.5, 0.6) is 0 Å². The Morgan fingerprint density at radius 2 is 2.27 bits per heavy atom. The molecule has 2 rings (SSSR count). The van der Waals surface area contributed by atoms with Gasteiger partial charge in [0.1, 0.15) is 6.04 Å². The minimum absolute atomic E-state index is 0.143. The Hall–Kier alpha value is -1.55. The first kappa shape index (κ1) is 9.98. The van der Waals surface area contributed by atoms with Gasteiger partial charge in [-0.3, -0.25) is 0 Å². The molecule has 4 nitrogen and oxygen atoms in total. The predicted octanol–water partition coefficient (Wildman–Crippen LogP) is 0.461. The predicted molar refractivity (Wildman–Crippen MR) is 58.0 cm³/mol. The molecule has 0 aliphatic carbocycles. The van der Waals surface area contributed by atoms with Gasteiger partial charge < -0.3 is 15.7 Å². The summed E-state index contributed by atoms with van der Waals surface area (Å²) < 4.78 is 0. The number of hydrogen-bond donors (Lipinski definition) is 2. The molecule has 0 radical (unpaired) electrons. The van der Waals surface area contributed by atoms with Crippen molar-refractivity contribution in [1.82, 2.24) is 0 Å². The number of carboxylic acid groups (broad SMARTS) is 1. The number of hydrogen-bond acceptors (Lipinski definition) is 3. The number of carboxylic acids is 1. The van der Waals surface area contributed by atoms with E-state index in [4.69, 9.17) is 10.8 Å². The number of nitrogens with zero attached hydrogens (tertiary/aromatic N) is 1. The highest BCUT2D eigenvalue weighted by molar-refractivity contribution is 5.80. The van der Waals surface area contributed by atoms with Crippen LogP contribution < -0.4 is 10.6 Å². The maximum absolute atomic E-state index is 11.0. The maximum atomic E-state index is 11.0. The number of fused-ring (bicyclic) bond motifs is 1.